The van der Waals surface area contributed by atoms with Crippen molar-refractivity contribution in [3.63, 3.8) is 0 Å². The highest BCUT2D eigenvalue weighted by atomic mass is 32.2. The van der Waals surface area contributed by atoms with Gasteiger partial charge in [0.15, 0.2) is 0 Å². The first kappa shape index (κ1) is 24.0. The van der Waals surface area contributed by atoms with Gasteiger partial charge in [-0.25, -0.2) is 18.4 Å². The van der Waals surface area contributed by atoms with E-state index < -0.39 is 10.0 Å². The molecule has 1 aliphatic heterocycles. The van der Waals surface area contributed by atoms with E-state index in [9.17, 15) is 8.42 Å². The van der Waals surface area contributed by atoms with Crippen LogP contribution in [0.2, 0.25) is 0 Å². The van der Waals surface area contributed by atoms with E-state index in [0.717, 1.165) is 48.9 Å². The monoisotopic (exact) mass is 506 g/mol. The highest BCUT2D eigenvalue weighted by Crippen LogP contribution is 2.33. The predicted octanol–water partition coefficient (Wildman–Crippen LogP) is 3.08. The lowest BCUT2D eigenvalue weighted by Gasteiger charge is -2.33. The first-order chi connectivity index (χ1) is 17.3. The number of anilines is 6. The SMILES string of the molecule is CN1CCN(c2ccc(Nc3nc4c(c(Nc5ccccc5N(C)S(C)(=O)=O)n3)C=CC4)cn2)CC1. The van der Waals surface area contributed by atoms with E-state index in [-0.39, 0.29) is 0 Å². The first-order valence-corrected chi connectivity index (χ1v) is 13.7. The van der Waals surface area contributed by atoms with Gasteiger partial charge < -0.3 is 20.4 Å². The average Bonchev–Trinajstić information content (AvgIpc) is 3.33. The number of aromatic nitrogens is 3. The molecule has 1 fully saturated rings. The number of rotatable bonds is 7. The molecule has 0 atom stereocenters. The van der Waals surface area contributed by atoms with E-state index in [1.165, 1.54) is 17.6 Å². The van der Waals surface area contributed by atoms with Gasteiger partial charge in [-0.1, -0.05) is 24.3 Å². The lowest BCUT2D eigenvalue weighted by Crippen LogP contribution is -2.44. The number of likely N-dealkylation sites (N-methyl/N-ethyl adjacent to an activating group) is 1. The summed E-state index contributed by atoms with van der Waals surface area (Å²) in [5.74, 6) is 2.01. The Labute approximate surface area is 211 Å². The summed E-state index contributed by atoms with van der Waals surface area (Å²) in [5.41, 5.74) is 3.75. The fraction of sp³-hybridized carbons (Fsp3) is 0.320. The molecule has 3 heterocycles. The largest absolute Gasteiger partial charge is 0.354 e. The van der Waals surface area contributed by atoms with Crippen molar-refractivity contribution in [2.24, 2.45) is 0 Å². The predicted molar refractivity (Wildman–Crippen MR) is 145 cm³/mol. The van der Waals surface area contributed by atoms with E-state index in [0.29, 0.717) is 29.6 Å². The third kappa shape index (κ3) is 5.12. The van der Waals surface area contributed by atoms with Crippen molar-refractivity contribution in [2.75, 3.05) is 66.4 Å². The van der Waals surface area contributed by atoms with Crippen LogP contribution in [0.5, 0.6) is 0 Å². The van der Waals surface area contributed by atoms with Gasteiger partial charge in [0.05, 0.1) is 35.2 Å². The Hall–Kier alpha value is -3.70. The molecule has 11 heteroatoms. The van der Waals surface area contributed by atoms with Crippen molar-refractivity contribution in [3.05, 3.63) is 59.9 Å². The van der Waals surface area contributed by atoms with Crippen molar-refractivity contribution < 1.29 is 8.42 Å². The highest BCUT2D eigenvalue weighted by molar-refractivity contribution is 7.92. The maximum Gasteiger partial charge on any atom is 0.232 e. The van der Waals surface area contributed by atoms with Gasteiger partial charge >= 0.3 is 0 Å². The summed E-state index contributed by atoms with van der Waals surface area (Å²) in [6.07, 6.45) is 7.70. The molecule has 1 aromatic carbocycles. The second kappa shape index (κ2) is 9.75. The molecule has 2 aromatic heterocycles. The molecule has 36 heavy (non-hydrogen) atoms. The Bertz CT molecular complexity index is 1380. The molecule has 0 saturated carbocycles. The number of hydrogen-bond acceptors (Lipinski definition) is 9. The summed E-state index contributed by atoms with van der Waals surface area (Å²) in [4.78, 5) is 18.7. The summed E-state index contributed by atoms with van der Waals surface area (Å²) in [6, 6.07) is 11.2. The van der Waals surface area contributed by atoms with Crippen molar-refractivity contribution in [3.8, 4) is 0 Å². The minimum absolute atomic E-state index is 0.447. The molecule has 0 radical (unpaired) electrons. The molecule has 10 nitrogen and oxygen atoms in total. The van der Waals surface area contributed by atoms with Gasteiger partial charge in [-0.05, 0) is 31.3 Å². The number of nitrogens with zero attached hydrogens (tertiary/aromatic N) is 6. The molecule has 2 N–H and O–H groups in total. The van der Waals surface area contributed by atoms with Crippen LogP contribution in [0.15, 0.2) is 48.7 Å². The van der Waals surface area contributed by atoms with Gasteiger partial charge in [-0.3, -0.25) is 4.31 Å². The minimum atomic E-state index is -3.42. The topological polar surface area (TPSA) is 107 Å². The zero-order valence-corrected chi connectivity index (χ0v) is 21.5. The summed E-state index contributed by atoms with van der Waals surface area (Å²) in [6.45, 7) is 3.97. The first-order valence-electron chi connectivity index (χ1n) is 11.8. The number of benzene rings is 1. The number of nitrogens with one attached hydrogen (secondary N) is 2. The zero-order valence-electron chi connectivity index (χ0n) is 20.6. The number of hydrogen-bond donors (Lipinski definition) is 2. The minimum Gasteiger partial charge on any atom is -0.354 e. The van der Waals surface area contributed by atoms with Gasteiger partial charge in [-0.15, -0.1) is 0 Å². The van der Waals surface area contributed by atoms with Gasteiger partial charge in [0, 0.05) is 45.2 Å². The van der Waals surface area contributed by atoms with Crippen LogP contribution in [-0.2, 0) is 16.4 Å². The molecule has 0 bridgehead atoms. The van der Waals surface area contributed by atoms with Gasteiger partial charge in [0.2, 0.25) is 16.0 Å². The maximum absolute atomic E-state index is 12.2. The smallest absolute Gasteiger partial charge is 0.232 e. The average molecular weight is 507 g/mol. The lowest BCUT2D eigenvalue weighted by atomic mass is 10.2. The second-order valence-corrected chi connectivity index (χ2v) is 11.1. The number of pyridine rings is 1. The summed E-state index contributed by atoms with van der Waals surface area (Å²) < 4.78 is 25.6. The van der Waals surface area contributed by atoms with Crippen molar-refractivity contribution >= 4 is 50.7 Å². The maximum atomic E-state index is 12.2. The Morgan fingerprint density at radius 1 is 1.00 bits per heavy atom. The standard InChI is InChI=1S/C25H30N8O2S/c1-31-13-15-33(16-14-31)23-12-11-18(17-26-23)27-25-29-20-9-6-7-19(20)24(30-25)28-21-8-4-5-10-22(21)32(2)36(3,34)35/h4-8,10-12,17H,9,13-16H2,1-3H3,(H2,27,28,29,30). The molecule has 0 spiro atoms. The zero-order chi connectivity index (χ0) is 25.3. The molecule has 1 aliphatic carbocycles. The Morgan fingerprint density at radius 3 is 2.50 bits per heavy atom. The van der Waals surface area contributed by atoms with Crippen molar-refractivity contribution in [1.82, 2.24) is 19.9 Å². The van der Waals surface area contributed by atoms with E-state index >= 15 is 0 Å². The molecule has 3 aromatic rings. The molecule has 0 amide bonds. The number of para-hydroxylation sites is 2. The molecule has 2 aliphatic rings. The number of piperazine rings is 1. The highest BCUT2D eigenvalue weighted by Gasteiger charge is 2.20. The second-order valence-electron chi connectivity index (χ2n) is 9.06. The van der Waals surface area contributed by atoms with Crippen LogP contribution < -0.4 is 19.8 Å². The Balaban J connectivity index is 1.39. The molecule has 5 rings (SSSR count). The van der Waals surface area contributed by atoms with E-state index in [4.69, 9.17) is 9.97 Å². The van der Waals surface area contributed by atoms with Crippen LogP contribution in [-0.4, -0.2) is 74.8 Å². The Morgan fingerprint density at radius 2 is 1.78 bits per heavy atom. The Kier molecular flexibility index (Phi) is 6.50. The fourth-order valence-corrected chi connectivity index (χ4v) is 4.77. The fourth-order valence-electron chi connectivity index (χ4n) is 4.26. The molecule has 1 saturated heterocycles. The summed E-state index contributed by atoms with van der Waals surface area (Å²) in [5, 5.41) is 6.61. The number of sulfonamides is 1. The summed E-state index contributed by atoms with van der Waals surface area (Å²) >= 11 is 0. The van der Waals surface area contributed by atoms with Crippen molar-refractivity contribution in [1.29, 1.82) is 0 Å². The van der Waals surface area contributed by atoms with Crippen molar-refractivity contribution in [2.45, 2.75) is 6.42 Å². The van der Waals surface area contributed by atoms with Crippen LogP contribution in [0.4, 0.5) is 34.6 Å². The molecule has 188 valence electrons. The third-order valence-corrected chi connectivity index (χ3v) is 7.64. The van der Waals surface area contributed by atoms with Gasteiger partial charge in [0.1, 0.15) is 11.6 Å². The third-order valence-electron chi connectivity index (χ3n) is 6.45. The normalized spacial score (nSPS) is 15.6. The van der Waals surface area contributed by atoms with Gasteiger partial charge in [-0.2, -0.15) is 4.98 Å². The molecule has 0 unspecified atom stereocenters. The van der Waals surface area contributed by atoms with E-state index in [1.54, 1.807) is 18.3 Å². The molecular formula is C25H30N8O2S. The summed E-state index contributed by atoms with van der Waals surface area (Å²) in [7, 11) is 0.244. The quantitative estimate of drug-likeness (QED) is 0.500. The number of fused-ring (bicyclic) bond motifs is 1. The lowest BCUT2D eigenvalue weighted by molar-refractivity contribution is 0.312. The van der Waals surface area contributed by atoms with Crippen LogP contribution >= 0.6 is 0 Å². The van der Waals surface area contributed by atoms with Crippen LogP contribution in [0.25, 0.3) is 6.08 Å². The van der Waals surface area contributed by atoms with E-state index in [1.807, 2.05) is 36.4 Å². The van der Waals surface area contributed by atoms with Crippen LogP contribution in [0.3, 0.4) is 0 Å². The van der Waals surface area contributed by atoms with Crippen LogP contribution in [0.1, 0.15) is 11.3 Å². The van der Waals surface area contributed by atoms with Gasteiger partial charge in [0.25, 0.3) is 0 Å². The number of allylic oxidation sites excluding steroid dienone is 1. The molecular weight excluding hydrogens is 476 g/mol. The van der Waals surface area contributed by atoms with E-state index in [2.05, 4.69) is 32.5 Å². The van der Waals surface area contributed by atoms with Crippen LogP contribution in [0, 0.1) is 0 Å².